The fraction of sp³-hybridized carbons (Fsp3) is 0.500. The quantitative estimate of drug-likeness (QED) is 0.758. The average Bonchev–Trinajstić information content (AvgIpc) is 2.38. The van der Waals surface area contributed by atoms with E-state index in [-0.39, 0.29) is 5.91 Å². The Morgan fingerprint density at radius 3 is 3.24 bits per heavy atom. The fourth-order valence-corrected chi connectivity index (χ4v) is 3.05. The summed E-state index contributed by atoms with van der Waals surface area (Å²) >= 11 is 1.90. The van der Waals surface area contributed by atoms with Crippen molar-refractivity contribution in [2.75, 3.05) is 18.8 Å². The van der Waals surface area contributed by atoms with Gasteiger partial charge in [0.15, 0.2) is 0 Å². The van der Waals surface area contributed by atoms with Gasteiger partial charge in [-0.25, -0.2) is 4.98 Å². The summed E-state index contributed by atoms with van der Waals surface area (Å²) in [5.41, 5.74) is 0.388. The van der Waals surface area contributed by atoms with Crippen molar-refractivity contribution in [1.29, 1.82) is 0 Å². The Bertz CT molecular complexity index is 413. The molecule has 0 aromatic carbocycles. The Balaban J connectivity index is 2.09. The normalized spacial score (nSPS) is 20.4. The van der Waals surface area contributed by atoms with E-state index in [1.165, 1.54) is 12.3 Å². The number of thioether (sulfide) groups is 1. The topological polar surface area (TPSA) is 33.2 Å². The highest BCUT2D eigenvalue weighted by Crippen LogP contribution is 2.22. The van der Waals surface area contributed by atoms with Crippen LogP contribution < -0.4 is 0 Å². The van der Waals surface area contributed by atoms with Gasteiger partial charge in [-0.15, -0.1) is 0 Å². The van der Waals surface area contributed by atoms with Crippen molar-refractivity contribution < 1.29 is 9.18 Å². The number of halogens is 1. The van der Waals surface area contributed by atoms with Gasteiger partial charge in [0.2, 0.25) is 5.95 Å². The Kier molecular flexibility index (Phi) is 3.99. The summed E-state index contributed by atoms with van der Waals surface area (Å²) in [6, 6.07) is 2.76. The summed E-state index contributed by atoms with van der Waals surface area (Å²) in [6.07, 6.45) is 2.39. The maximum absolute atomic E-state index is 13.0. The van der Waals surface area contributed by atoms with Gasteiger partial charge in [-0.2, -0.15) is 16.2 Å². The molecule has 0 bridgehead atoms. The van der Waals surface area contributed by atoms with Crippen LogP contribution in [-0.2, 0) is 0 Å². The number of rotatable bonds is 2. The van der Waals surface area contributed by atoms with Gasteiger partial charge in [-0.1, -0.05) is 6.92 Å². The molecule has 3 nitrogen and oxygen atoms in total. The van der Waals surface area contributed by atoms with Crippen molar-refractivity contribution >= 4 is 17.7 Å². The third-order valence-electron chi connectivity index (χ3n) is 2.85. The predicted octanol–water partition coefficient (Wildman–Crippen LogP) is 2.19. The Labute approximate surface area is 104 Å². The van der Waals surface area contributed by atoms with Crippen LogP contribution in [0, 0.1) is 5.95 Å². The molecule has 0 saturated carbocycles. The molecule has 1 unspecified atom stereocenters. The minimum atomic E-state index is -0.603. The van der Waals surface area contributed by atoms with Crippen LogP contribution in [0.25, 0.3) is 0 Å². The molecule has 1 atom stereocenters. The van der Waals surface area contributed by atoms with Crippen molar-refractivity contribution in [1.82, 2.24) is 9.88 Å². The number of hydrogen-bond acceptors (Lipinski definition) is 3. The highest BCUT2D eigenvalue weighted by atomic mass is 32.2. The molecule has 1 aromatic rings. The molecular weight excluding hydrogens is 239 g/mol. The zero-order chi connectivity index (χ0) is 12.3. The number of amides is 1. The maximum Gasteiger partial charge on any atom is 0.254 e. The van der Waals surface area contributed by atoms with Crippen LogP contribution in [0.5, 0.6) is 0 Å². The monoisotopic (exact) mass is 254 g/mol. The van der Waals surface area contributed by atoms with E-state index in [4.69, 9.17) is 0 Å². The van der Waals surface area contributed by atoms with E-state index >= 15 is 0 Å². The van der Waals surface area contributed by atoms with Gasteiger partial charge in [-0.05, 0) is 12.5 Å². The van der Waals surface area contributed by atoms with Crippen LogP contribution in [0.15, 0.2) is 18.3 Å². The summed E-state index contributed by atoms with van der Waals surface area (Å²) in [6.45, 7) is 3.62. The van der Waals surface area contributed by atoms with Gasteiger partial charge in [0.25, 0.3) is 5.91 Å². The standard InChI is InChI=1S/C12H15FN2OS/c1-2-10-8-15(5-6-17-10)12(16)9-3-4-14-11(13)7-9/h3-4,7,10H,2,5-6,8H2,1H3. The van der Waals surface area contributed by atoms with E-state index in [2.05, 4.69) is 11.9 Å². The van der Waals surface area contributed by atoms with Crippen molar-refractivity contribution in [3.63, 3.8) is 0 Å². The number of carbonyl (C=O) groups excluding carboxylic acids is 1. The molecule has 1 aromatic heterocycles. The van der Waals surface area contributed by atoms with Gasteiger partial charge in [-0.3, -0.25) is 4.79 Å². The first kappa shape index (κ1) is 12.4. The average molecular weight is 254 g/mol. The van der Waals surface area contributed by atoms with Crippen LogP contribution in [0.1, 0.15) is 23.7 Å². The fourth-order valence-electron chi connectivity index (χ4n) is 1.87. The summed E-state index contributed by atoms with van der Waals surface area (Å²) in [5.74, 6) is 0.261. The Hall–Kier alpha value is -1.10. The molecular formula is C12H15FN2OS. The first-order chi connectivity index (χ1) is 8.20. The molecule has 0 radical (unpaired) electrons. The molecule has 5 heteroatoms. The summed E-state index contributed by atoms with van der Waals surface area (Å²) in [7, 11) is 0. The number of carbonyl (C=O) groups is 1. The zero-order valence-corrected chi connectivity index (χ0v) is 10.5. The number of aromatic nitrogens is 1. The van der Waals surface area contributed by atoms with Crippen molar-refractivity contribution in [3.8, 4) is 0 Å². The second-order valence-electron chi connectivity index (χ2n) is 4.02. The van der Waals surface area contributed by atoms with E-state index in [0.717, 1.165) is 25.3 Å². The molecule has 1 saturated heterocycles. The first-order valence-corrected chi connectivity index (χ1v) is 6.78. The van der Waals surface area contributed by atoms with Crippen LogP contribution in [0.4, 0.5) is 4.39 Å². The Morgan fingerprint density at radius 2 is 2.53 bits per heavy atom. The molecule has 1 fully saturated rings. The Morgan fingerprint density at radius 1 is 1.71 bits per heavy atom. The van der Waals surface area contributed by atoms with E-state index in [0.29, 0.717) is 10.8 Å². The number of nitrogens with zero attached hydrogens (tertiary/aromatic N) is 2. The van der Waals surface area contributed by atoms with Crippen molar-refractivity contribution in [2.45, 2.75) is 18.6 Å². The molecule has 92 valence electrons. The third kappa shape index (κ3) is 2.97. The lowest BCUT2D eigenvalue weighted by atomic mass is 10.2. The predicted molar refractivity (Wildman–Crippen MR) is 66.6 cm³/mol. The lowest BCUT2D eigenvalue weighted by molar-refractivity contribution is 0.0760. The molecule has 2 heterocycles. The molecule has 0 aliphatic carbocycles. The minimum absolute atomic E-state index is 0.0925. The second-order valence-corrected chi connectivity index (χ2v) is 5.43. The van der Waals surface area contributed by atoms with E-state index < -0.39 is 5.95 Å². The molecule has 17 heavy (non-hydrogen) atoms. The smallest absolute Gasteiger partial charge is 0.254 e. The lowest BCUT2D eigenvalue weighted by Crippen LogP contribution is -2.41. The van der Waals surface area contributed by atoms with Gasteiger partial charge in [0.05, 0.1) is 0 Å². The number of hydrogen-bond donors (Lipinski definition) is 0. The number of pyridine rings is 1. The zero-order valence-electron chi connectivity index (χ0n) is 9.73. The highest BCUT2D eigenvalue weighted by molar-refractivity contribution is 8.00. The lowest BCUT2D eigenvalue weighted by Gasteiger charge is -2.31. The first-order valence-electron chi connectivity index (χ1n) is 5.73. The van der Waals surface area contributed by atoms with Crippen molar-refractivity contribution in [2.24, 2.45) is 0 Å². The van der Waals surface area contributed by atoms with E-state index in [1.807, 2.05) is 11.8 Å². The summed E-state index contributed by atoms with van der Waals surface area (Å²) < 4.78 is 13.0. The largest absolute Gasteiger partial charge is 0.337 e. The van der Waals surface area contributed by atoms with E-state index in [9.17, 15) is 9.18 Å². The highest BCUT2D eigenvalue weighted by Gasteiger charge is 2.23. The SMILES string of the molecule is CCC1CN(C(=O)c2ccnc(F)c2)CCS1. The molecule has 1 aliphatic heterocycles. The van der Waals surface area contributed by atoms with E-state index in [1.54, 1.807) is 11.0 Å². The van der Waals surface area contributed by atoms with Crippen LogP contribution in [-0.4, -0.2) is 39.9 Å². The van der Waals surface area contributed by atoms with Crippen molar-refractivity contribution in [3.05, 3.63) is 29.8 Å². The third-order valence-corrected chi connectivity index (χ3v) is 4.23. The van der Waals surface area contributed by atoms with Gasteiger partial charge < -0.3 is 4.90 Å². The molecule has 1 aliphatic rings. The molecule has 2 rings (SSSR count). The summed E-state index contributed by atoms with van der Waals surface area (Å²) in [5, 5.41) is 0.499. The van der Waals surface area contributed by atoms with Crippen LogP contribution >= 0.6 is 11.8 Å². The van der Waals surface area contributed by atoms with Gasteiger partial charge in [0, 0.05) is 41.9 Å². The molecule has 0 N–H and O–H groups in total. The minimum Gasteiger partial charge on any atom is -0.337 e. The summed E-state index contributed by atoms with van der Waals surface area (Å²) in [4.78, 5) is 17.4. The second kappa shape index (κ2) is 5.49. The van der Waals surface area contributed by atoms with Gasteiger partial charge in [0.1, 0.15) is 0 Å². The van der Waals surface area contributed by atoms with Gasteiger partial charge >= 0.3 is 0 Å². The maximum atomic E-state index is 13.0. The molecule has 0 spiro atoms. The van der Waals surface area contributed by atoms with Crippen LogP contribution in [0.2, 0.25) is 0 Å². The molecule has 1 amide bonds. The van der Waals surface area contributed by atoms with Crippen LogP contribution in [0.3, 0.4) is 0 Å².